The number of rotatable bonds is 2. The summed E-state index contributed by atoms with van der Waals surface area (Å²) in [6.45, 7) is 3.10. The molecule has 0 aliphatic rings. The third-order valence-corrected chi connectivity index (χ3v) is 0.940. The fourth-order valence-corrected chi connectivity index (χ4v) is 0.601. The molecule has 2 heteroatoms. The summed E-state index contributed by atoms with van der Waals surface area (Å²) in [7, 11) is 0. The van der Waals surface area contributed by atoms with Crippen LogP contribution in [-0.4, -0.2) is 9.78 Å². The van der Waals surface area contributed by atoms with Crippen molar-refractivity contribution < 1.29 is 0 Å². The van der Waals surface area contributed by atoms with Crippen LogP contribution in [0.15, 0.2) is 12.3 Å². The minimum Gasteiger partial charge on any atom is -0.263 e. The van der Waals surface area contributed by atoms with Gasteiger partial charge in [-0.15, -0.1) is 0 Å². The molecule has 0 unspecified atom stereocenters. The van der Waals surface area contributed by atoms with Gasteiger partial charge in [0.05, 0.1) is 6.20 Å². The molecule has 0 saturated carbocycles. The van der Waals surface area contributed by atoms with Gasteiger partial charge < -0.3 is 0 Å². The summed E-state index contributed by atoms with van der Waals surface area (Å²) in [4.78, 5) is 0. The maximum Gasteiger partial charge on any atom is 0.0863 e. The lowest BCUT2D eigenvalue weighted by Gasteiger charge is -1.91. The van der Waals surface area contributed by atoms with Crippen molar-refractivity contribution in [2.45, 2.75) is 19.9 Å². The third kappa shape index (κ3) is 1.09. The zero-order chi connectivity index (χ0) is 5.82. The largest absolute Gasteiger partial charge is 0.263 e. The minimum absolute atomic E-state index is 0.979. The summed E-state index contributed by atoms with van der Waals surface area (Å²) >= 11 is 0. The molecule has 0 bridgehead atoms. The van der Waals surface area contributed by atoms with E-state index in [4.69, 9.17) is 0 Å². The lowest BCUT2D eigenvalue weighted by molar-refractivity contribution is 0.599. The van der Waals surface area contributed by atoms with Gasteiger partial charge >= 0.3 is 0 Å². The average molecular weight is 109 g/mol. The van der Waals surface area contributed by atoms with Crippen LogP contribution in [0.4, 0.5) is 0 Å². The van der Waals surface area contributed by atoms with Crippen LogP contribution < -0.4 is 0 Å². The fraction of sp³-hybridized carbons (Fsp3) is 0.500. The average Bonchev–Trinajstić information content (AvgIpc) is 2.19. The second kappa shape index (κ2) is 2.50. The van der Waals surface area contributed by atoms with Gasteiger partial charge in [0.1, 0.15) is 0 Å². The maximum atomic E-state index is 3.97. The Morgan fingerprint density at radius 3 is 3.12 bits per heavy atom. The quantitative estimate of drug-likeness (QED) is 0.556. The summed E-state index contributed by atoms with van der Waals surface area (Å²) < 4.78 is 1.81. The third-order valence-electron chi connectivity index (χ3n) is 0.940. The molecule has 1 aromatic rings. The summed E-state index contributed by atoms with van der Waals surface area (Å²) in [6.07, 6.45) is 5.81. The Labute approximate surface area is 49.1 Å². The van der Waals surface area contributed by atoms with Crippen LogP contribution in [0.25, 0.3) is 0 Å². The molecular formula is C6H9N2. The molecule has 0 atom stereocenters. The molecular weight excluding hydrogens is 100 g/mol. The van der Waals surface area contributed by atoms with Crippen molar-refractivity contribution in [3.8, 4) is 0 Å². The van der Waals surface area contributed by atoms with Crippen LogP contribution in [0.1, 0.15) is 13.3 Å². The fourth-order valence-electron chi connectivity index (χ4n) is 0.601. The van der Waals surface area contributed by atoms with Gasteiger partial charge in [-0.05, 0) is 12.5 Å². The molecule has 0 fully saturated rings. The SMILES string of the molecule is CCCn1[c]ccn1. The van der Waals surface area contributed by atoms with E-state index >= 15 is 0 Å². The first-order chi connectivity index (χ1) is 3.93. The Kier molecular flexibility index (Phi) is 1.67. The predicted octanol–water partition coefficient (Wildman–Crippen LogP) is 1.09. The Bertz CT molecular complexity index is 132. The van der Waals surface area contributed by atoms with Gasteiger partial charge in [-0.2, -0.15) is 5.10 Å². The molecule has 0 N–H and O–H groups in total. The Morgan fingerprint density at radius 1 is 1.75 bits per heavy atom. The normalized spacial score (nSPS) is 9.62. The number of aryl methyl sites for hydroxylation is 1. The van der Waals surface area contributed by atoms with E-state index in [1.54, 1.807) is 10.9 Å². The first-order valence-electron chi connectivity index (χ1n) is 2.83. The zero-order valence-electron chi connectivity index (χ0n) is 4.96. The molecule has 0 amide bonds. The van der Waals surface area contributed by atoms with Gasteiger partial charge in [-0.3, -0.25) is 4.68 Å². The molecule has 1 aromatic heterocycles. The van der Waals surface area contributed by atoms with Gasteiger partial charge in [0.2, 0.25) is 0 Å². The van der Waals surface area contributed by atoms with E-state index in [1.807, 2.05) is 6.07 Å². The van der Waals surface area contributed by atoms with E-state index in [9.17, 15) is 0 Å². The minimum atomic E-state index is 0.979. The van der Waals surface area contributed by atoms with Crippen molar-refractivity contribution in [3.05, 3.63) is 18.5 Å². The first kappa shape index (κ1) is 5.35. The van der Waals surface area contributed by atoms with Gasteiger partial charge in [0, 0.05) is 12.7 Å². The highest BCUT2D eigenvalue weighted by Gasteiger charge is 1.83. The highest BCUT2D eigenvalue weighted by molar-refractivity contribution is 4.74. The predicted molar refractivity (Wildman–Crippen MR) is 31.4 cm³/mol. The molecule has 0 aromatic carbocycles. The Hall–Kier alpha value is -0.790. The summed E-state index contributed by atoms with van der Waals surface area (Å²) in [5.41, 5.74) is 0. The van der Waals surface area contributed by atoms with E-state index in [2.05, 4.69) is 18.2 Å². The van der Waals surface area contributed by atoms with Crippen molar-refractivity contribution in [3.63, 3.8) is 0 Å². The molecule has 0 saturated heterocycles. The van der Waals surface area contributed by atoms with Gasteiger partial charge in [-0.25, -0.2) is 0 Å². The number of hydrogen-bond acceptors (Lipinski definition) is 1. The highest BCUT2D eigenvalue weighted by Crippen LogP contribution is 1.84. The van der Waals surface area contributed by atoms with E-state index in [-0.39, 0.29) is 0 Å². The molecule has 1 rings (SSSR count). The van der Waals surface area contributed by atoms with Crippen LogP contribution in [0.3, 0.4) is 0 Å². The molecule has 1 heterocycles. The van der Waals surface area contributed by atoms with Crippen molar-refractivity contribution in [1.82, 2.24) is 9.78 Å². The highest BCUT2D eigenvalue weighted by atomic mass is 15.3. The van der Waals surface area contributed by atoms with Crippen LogP contribution >= 0.6 is 0 Å². The summed E-state index contributed by atoms with van der Waals surface area (Å²) in [5, 5.41) is 3.97. The molecule has 1 radical (unpaired) electrons. The Balaban J connectivity index is 2.50. The van der Waals surface area contributed by atoms with E-state index in [0.29, 0.717) is 0 Å². The standard InChI is InChI=1S/C6H9N2/c1-2-5-8-6-3-4-7-8/h3-4H,2,5H2,1H3. The Morgan fingerprint density at radius 2 is 2.62 bits per heavy atom. The first-order valence-corrected chi connectivity index (χ1v) is 2.83. The summed E-state index contributed by atoms with van der Waals surface area (Å²) in [6, 6.07) is 1.82. The smallest absolute Gasteiger partial charge is 0.0863 e. The van der Waals surface area contributed by atoms with E-state index in [1.165, 1.54) is 0 Å². The monoisotopic (exact) mass is 109 g/mol. The van der Waals surface area contributed by atoms with E-state index < -0.39 is 0 Å². The molecule has 0 aliphatic heterocycles. The molecule has 0 spiro atoms. The van der Waals surface area contributed by atoms with Crippen molar-refractivity contribution in [2.75, 3.05) is 0 Å². The van der Waals surface area contributed by atoms with Crippen molar-refractivity contribution >= 4 is 0 Å². The molecule has 43 valence electrons. The number of nitrogens with zero attached hydrogens (tertiary/aromatic N) is 2. The van der Waals surface area contributed by atoms with Gasteiger partial charge in [-0.1, -0.05) is 6.92 Å². The van der Waals surface area contributed by atoms with Crippen LogP contribution in [0, 0.1) is 6.20 Å². The second-order valence-corrected chi connectivity index (χ2v) is 1.68. The second-order valence-electron chi connectivity index (χ2n) is 1.68. The lowest BCUT2D eigenvalue weighted by atomic mass is 10.5. The van der Waals surface area contributed by atoms with Crippen molar-refractivity contribution in [1.29, 1.82) is 0 Å². The van der Waals surface area contributed by atoms with Crippen LogP contribution in [0.5, 0.6) is 0 Å². The van der Waals surface area contributed by atoms with Gasteiger partial charge in [0.25, 0.3) is 0 Å². The number of hydrogen-bond donors (Lipinski definition) is 0. The number of aromatic nitrogens is 2. The van der Waals surface area contributed by atoms with Crippen LogP contribution in [0.2, 0.25) is 0 Å². The molecule has 2 nitrogen and oxygen atoms in total. The molecule has 8 heavy (non-hydrogen) atoms. The zero-order valence-corrected chi connectivity index (χ0v) is 4.96. The van der Waals surface area contributed by atoms with Gasteiger partial charge in [0.15, 0.2) is 0 Å². The van der Waals surface area contributed by atoms with Crippen molar-refractivity contribution in [2.24, 2.45) is 0 Å². The van der Waals surface area contributed by atoms with E-state index in [0.717, 1.165) is 13.0 Å². The summed E-state index contributed by atoms with van der Waals surface area (Å²) in [5.74, 6) is 0. The lowest BCUT2D eigenvalue weighted by Crippen LogP contribution is -1.95. The topological polar surface area (TPSA) is 17.8 Å². The maximum absolute atomic E-state index is 3.97. The van der Waals surface area contributed by atoms with Crippen LogP contribution in [-0.2, 0) is 6.54 Å². The molecule has 0 aliphatic carbocycles.